The topological polar surface area (TPSA) is 65.7 Å². The van der Waals surface area contributed by atoms with Gasteiger partial charge >= 0.3 is 5.97 Å². The Morgan fingerprint density at radius 3 is 2.77 bits per heavy atom. The Morgan fingerprint density at radius 1 is 1.41 bits per heavy atom. The number of carboxylic acid groups (broad SMARTS) is 1. The number of carbonyl (C=O) groups is 1. The maximum absolute atomic E-state index is 11.3. The molecule has 0 amide bonds. The lowest BCUT2D eigenvalue weighted by molar-refractivity contribution is 0.0698. The van der Waals surface area contributed by atoms with Crippen LogP contribution in [0.3, 0.4) is 0 Å². The van der Waals surface area contributed by atoms with Gasteiger partial charge in [-0.2, -0.15) is 0 Å². The normalized spacial score (nSPS) is 16.4. The van der Waals surface area contributed by atoms with Gasteiger partial charge in [-0.15, -0.1) is 0 Å². The zero-order chi connectivity index (χ0) is 15.7. The molecule has 0 bridgehead atoms. The van der Waals surface area contributed by atoms with Crippen molar-refractivity contribution in [2.24, 2.45) is 0 Å². The number of carboxylic acids is 1. The molecule has 1 fully saturated rings. The van der Waals surface area contributed by atoms with E-state index in [1.54, 1.807) is 6.07 Å². The van der Waals surface area contributed by atoms with Crippen LogP contribution in [0.1, 0.15) is 35.9 Å². The van der Waals surface area contributed by atoms with Crippen LogP contribution in [0.2, 0.25) is 0 Å². The number of piperidine rings is 1. The summed E-state index contributed by atoms with van der Waals surface area (Å²) < 4.78 is 5.63. The molecule has 3 rings (SSSR count). The Morgan fingerprint density at radius 2 is 2.14 bits per heavy atom. The summed E-state index contributed by atoms with van der Waals surface area (Å²) in [5.74, 6) is -0.204. The summed E-state index contributed by atoms with van der Waals surface area (Å²) in [7, 11) is 0. The Hall–Kier alpha value is -2.01. The van der Waals surface area contributed by atoms with Crippen molar-refractivity contribution in [2.75, 3.05) is 24.5 Å². The van der Waals surface area contributed by atoms with Gasteiger partial charge in [0.1, 0.15) is 11.3 Å². The van der Waals surface area contributed by atoms with Crippen molar-refractivity contribution in [1.29, 1.82) is 0 Å². The first-order valence-corrected chi connectivity index (χ1v) is 7.85. The lowest BCUT2D eigenvalue weighted by Crippen LogP contribution is -2.42. The second-order valence-corrected chi connectivity index (χ2v) is 5.86. The van der Waals surface area contributed by atoms with Crippen LogP contribution < -0.4 is 10.2 Å². The van der Waals surface area contributed by atoms with Gasteiger partial charge in [0.05, 0.1) is 0 Å². The quantitative estimate of drug-likeness (QED) is 0.909. The molecule has 0 spiro atoms. The summed E-state index contributed by atoms with van der Waals surface area (Å²) in [6, 6.07) is 6.09. The summed E-state index contributed by atoms with van der Waals surface area (Å²) in [5, 5.41) is 13.7. The fraction of sp³-hybridized carbons (Fsp3) is 0.471. The van der Waals surface area contributed by atoms with Crippen LogP contribution >= 0.6 is 0 Å². The molecule has 0 aliphatic carbocycles. The van der Waals surface area contributed by atoms with Gasteiger partial charge < -0.3 is 19.7 Å². The van der Waals surface area contributed by atoms with E-state index < -0.39 is 5.97 Å². The molecular weight excluding hydrogens is 280 g/mol. The smallest absolute Gasteiger partial charge is 0.339 e. The Balaban J connectivity index is 1.92. The number of nitrogens with one attached hydrogen (secondary N) is 1. The third-order valence-electron chi connectivity index (χ3n) is 4.34. The van der Waals surface area contributed by atoms with Crippen LogP contribution in [0.25, 0.3) is 11.0 Å². The molecule has 1 aliphatic rings. The molecule has 2 aromatic rings. The molecule has 5 nitrogen and oxygen atoms in total. The molecule has 0 saturated carbocycles. The van der Waals surface area contributed by atoms with E-state index in [0.717, 1.165) is 49.3 Å². The highest BCUT2D eigenvalue weighted by Crippen LogP contribution is 2.33. The van der Waals surface area contributed by atoms with Gasteiger partial charge in [0.2, 0.25) is 0 Å². The fourth-order valence-electron chi connectivity index (χ4n) is 3.29. The monoisotopic (exact) mass is 302 g/mol. The number of furan rings is 1. The Labute approximate surface area is 129 Å². The third-order valence-corrected chi connectivity index (χ3v) is 4.34. The third kappa shape index (κ3) is 2.68. The second kappa shape index (κ2) is 6.01. The first kappa shape index (κ1) is 14.9. The van der Waals surface area contributed by atoms with E-state index in [1.165, 1.54) is 0 Å². The van der Waals surface area contributed by atoms with Crippen molar-refractivity contribution in [3.05, 3.63) is 29.5 Å². The van der Waals surface area contributed by atoms with Crippen molar-refractivity contribution >= 4 is 22.6 Å². The predicted octanol–water partition coefficient (Wildman–Crippen LogP) is 3.02. The lowest BCUT2D eigenvalue weighted by atomic mass is 10.0. The molecule has 22 heavy (non-hydrogen) atoms. The van der Waals surface area contributed by atoms with Crippen LogP contribution in [0.5, 0.6) is 0 Å². The zero-order valence-electron chi connectivity index (χ0n) is 13.1. The first-order chi connectivity index (χ1) is 10.6. The van der Waals surface area contributed by atoms with Crippen molar-refractivity contribution < 1.29 is 14.3 Å². The summed E-state index contributed by atoms with van der Waals surface area (Å²) >= 11 is 0. The van der Waals surface area contributed by atoms with E-state index in [2.05, 4.69) is 17.1 Å². The van der Waals surface area contributed by atoms with Crippen molar-refractivity contribution in [3.8, 4) is 0 Å². The van der Waals surface area contributed by atoms with Gasteiger partial charge in [-0.05, 0) is 44.5 Å². The molecule has 2 heterocycles. The van der Waals surface area contributed by atoms with Gasteiger partial charge in [0.15, 0.2) is 5.58 Å². The van der Waals surface area contributed by atoms with Crippen LogP contribution in [0, 0.1) is 6.92 Å². The van der Waals surface area contributed by atoms with Crippen molar-refractivity contribution in [2.45, 2.75) is 32.7 Å². The summed E-state index contributed by atoms with van der Waals surface area (Å²) in [6.45, 7) is 6.94. The van der Waals surface area contributed by atoms with Crippen molar-refractivity contribution in [3.63, 3.8) is 0 Å². The molecule has 1 saturated heterocycles. The van der Waals surface area contributed by atoms with E-state index in [1.807, 2.05) is 19.1 Å². The number of hydrogen-bond donors (Lipinski definition) is 2. The van der Waals surface area contributed by atoms with Crippen LogP contribution in [-0.2, 0) is 0 Å². The number of aryl methyl sites for hydroxylation is 1. The van der Waals surface area contributed by atoms with E-state index in [4.69, 9.17) is 4.42 Å². The maximum Gasteiger partial charge on any atom is 0.339 e. The zero-order valence-corrected chi connectivity index (χ0v) is 13.1. The van der Waals surface area contributed by atoms with E-state index in [9.17, 15) is 9.90 Å². The average Bonchev–Trinajstić information content (AvgIpc) is 2.88. The highest BCUT2D eigenvalue weighted by atomic mass is 16.4. The molecule has 0 unspecified atom stereocenters. The molecular formula is C17H22N2O3. The number of hydrogen-bond acceptors (Lipinski definition) is 4. The number of benzene rings is 1. The van der Waals surface area contributed by atoms with Gasteiger partial charge in [0.25, 0.3) is 0 Å². The van der Waals surface area contributed by atoms with Crippen molar-refractivity contribution in [1.82, 2.24) is 5.32 Å². The SMILES string of the molecule is CCNC1CCN(c2ccc(C(=O)O)c3oc(C)cc23)CC1. The minimum Gasteiger partial charge on any atom is -0.478 e. The molecule has 1 aliphatic heterocycles. The van der Waals surface area contributed by atoms with Gasteiger partial charge in [-0.3, -0.25) is 0 Å². The predicted molar refractivity (Wildman–Crippen MR) is 86.8 cm³/mol. The summed E-state index contributed by atoms with van der Waals surface area (Å²) in [6.07, 6.45) is 2.21. The van der Waals surface area contributed by atoms with Crippen LogP contribution in [0.4, 0.5) is 5.69 Å². The van der Waals surface area contributed by atoms with E-state index in [-0.39, 0.29) is 5.56 Å². The van der Waals surface area contributed by atoms with Gasteiger partial charge in [-0.1, -0.05) is 6.92 Å². The second-order valence-electron chi connectivity index (χ2n) is 5.86. The Kier molecular flexibility index (Phi) is 4.07. The van der Waals surface area contributed by atoms with Gasteiger partial charge in [0, 0.05) is 30.2 Å². The Bertz CT molecular complexity index is 685. The van der Waals surface area contributed by atoms with E-state index >= 15 is 0 Å². The summed E-state index contributed by atoms with van der Waals surface area (Å²) in [5.41, 5.74) is 1.79. The lowest BCUT2D eigenvalue weighted by Gasteiger charge is -2.34. The fourth-order valence-corrected chi connectivity index (χ4v) is 3.29. The largest absolute Gasteiger partial charge is 0.478 e. The molecule has 2 N–H and O–H groups in total. The number of aromatic carboxylic acids is 1. The minimum atomic E-state index is -0.947. The standard InChI is InChI=1S/C17H22N2O3/c1-3-18-12-6-8-19(9-7-12)15-5-4-13(17(20)21)16-14(15)10-11(2)22-16/h4-5,10,12,18H,3,6-9H2,1-2H3,(H,20,21). The number of nitrogens with zero attached hydrogens (tertiary/aromatic N) is 1. The number of fused-ring (bicyclic) bond motifs is 1. The summed E-state index contributed by atoms with van der Waals surface area (Å²) in [4.78, 5) is 13.7. The molecule has 1 aromatic heterocycles. The highest BCUT2D eigenvalue weighted by molar-refractivity contribution is 6.05. The highest BCUT2D eigenvalue weighted by Gasteiger charge is 2.23. The molecule has 118 valence electrons. The molecule has 1 aromatic carbocycles. The molecule has 5 heteroatoms. The minimum absolute atomic E-state index is 0.231. The molecule has 0 radical (unpaired) electrons. The van der Waals surface area contributed by atoms with Crippen LogP contribution in [-0.4, -0.2) is 36.8 Å². The van der Waals surface area contributed by atoms with Gasteiger partial charge in [-0.25, -0.2) is 4.79 Å². The number of rotatable bonds is 4. The molecule has 0 atom stereocenters. The van der Waals surface area contributed by atoms with Crippen LogP contribution in [0.15, 0.2) is 22.6 Å². The average molecular weight is 302 g/mol. The number of anilines is 1. The maximum atomic E-state index is 11.3. The first-order valence-electron chi connectivity index (χ1n) is 7.85. The van der Waals surface area contributed by atoms with E-state index in [0.29, 0.717) is 11.6 Å².